The molecule has 0 fully saturated rings. The van der Waals surface area contributed by atoms with Crippen LogP contribution in [0.15, 0.2) is 10.7 Å². The fourth-order valence-electron chi connectivity index (χ4n) is 0.826. The summed E-state index contributed by atoms with van der Waals surface area (Å²) in [5, 5.41) is 11.9. The second-order valence-electron chi connectivity index (χ2n) is 2.24. The van der Waals surface area contributed by atoms with Crippen molar-refractivity contribution < 1.29 is 19.2 Å². The van der Waals surface area contributed by atoms with Gasteiger partial charge < -0.3 is 14.4 Å². The summed E-state index contributed by atoms with van der Waals surface area (Å²) < 4.78 is 9.48. The van der Waals surface area contributed by atoms with Crippen LogP contribution in [0.5, 0.6) is 5.95 Å². The molecule has 1 aromatic rings. The summed E-state index contributed by atoms with van der Waals surface area (Å²) in [6.45, 7) is 0. The van der Waals surface area contributed by atoms with Crippen molar-refractivity contribution in [3.63, 3.8) is 0 Å². The number of carbonyl (C=O) groups is 1. The standard InChI is InChI=1S/C7H9NO4/c1-11-7-5(4-8-12-7)2-3-6(9)10/h4H,2-3H2,1H3,(H,9,10). The summed E-state index contributed by atoms with van der Waals surface area (Å²) in [6.07, 6.45) is 1.89. The molecule has 0 atom stereocenters. The normalized spacial score (nSPS) is 9.75. The lowest BCUT2D eigenvalue weighted by atomic mass is 10.2. The molecule has 5 heteroatoms. The van der Waals surface area contributed by atoms with Gasteiger partial charge in [0.2, 0.25) is 0 Å². The number of carboxylic acid groups (broad SMARTS) is 1. The molecule has 66 valence electrons. The molecule has 0 aromatic carbocycles. The van der Waals surface area contributed by atoms with Crippen LogP contribution in [0.1, 0.15) is 12.0 Å². The molecule has 1 N–H and O–H groups in total. The van der Waals surface area contributed by atoms with E-state index in [1.54, 1.807) is 0 Å². The van der Waals surface area contributed by atoms with Gasteiger partial charge in [-0.05, 0) is 6.42 Å². The second-order valence-corrected chi connectivity index (χ2v) is 2.24. The second kappa shape index (κ2) is 3.75. The number of rotatable bonds is 4. The molecule has 0 saturated carbocycles. The highest BCUT2D eigenvalue weighted by molar-refractivity contribution is 5.67. The van der Waals surface area contributed by atoms with Crippen LogP contribution in [0, 0.1) is 0 Å². The number of aliphatic carboxylic acids is 1. The quantitative estimate of drug-likeness (QED) is 0.721. The zero-order chi connectivity index (χ0) is 8.97. The molecule has 1 rings (SSSR count). The highest BCUT2D eigenvalue weighted by atomic mass is 16.6. The van der Waals surface area contributed by atoms with E-state index in [9.17, 15) is 4.79 Å². The minimum atomic E-state index is -0.849. The predicted octanol–water partition coefficient (Wildman–Crippen LogP) is 0.700. The molecule has 5 nitrogen and oxygen atoms in total. The van der Waals surface area contributed by atoms with Crippen LogP contribution in [0.3, 0.4) is 0 Å². The molecule has 0 aliphatic carbocycles. The Morgan fingerprint density at radius 3 is 3.17 bits per heavy atom. The van der Waals surface area contributed by atoms with Gasteiger partial charge in [-0.15, -0.1) is 0 Å². The van der Waals surface area contributed by atoms with E-state index in [1.807, 2.05) is 0 Å². The van der Waals surface area contributed by atoms with Gasteiger partial charge in [-0.3, -0.25) is 4.79 Å². The number of carboxylic acids is 1. The van der Waals surface area contributed by atoms with E-state index in [0.717, 1.165) is 0 Å². The van der Waals surface area contributed by atoms with Crippen LogP contribution in [0.2, 0.25) is 0 Å². The molecule has 0 amide bonds. The lowest BCUT2D eigenvalue weighted by Gasteiger charge is -1.95. The van der Waals surface area contributed by atoms with Crippen molar-refractivity contribution in [2.45, 2.75) is 12.8 Å². The average Bonchev–Trinajstić information content (AvgIpc) is 2.47. The van der Waals surface area contributed by atoms with Crippen LogP contribution >= 0.6 is 0 Å². The Morgan fingerprint density at radius 2 is 2.58 bits per heavy atom. The fourth-order valence-corrected chi connectivity index (χ4v) is 0.826. The van der Waals surface area contributed by atoms with Crippen molar-refractivity contribution in [2.24, 2.45) is 0 Å². The van der Waals surface area contributed by atoms with Gasteiger partial charge in [0.25, 0.3) is 0 Å². The van der Waals surface area contributed by atoms with Crippen molar-refractivity contribution in [3.8, 4) is 5.95 Å². The van der Waals surface area contributed by atoms with Crippen LogP contribution in [-0.2, 0) is 11.2 Å². The van der Waals surface area contributed by atoms with Gasteiger partial charge in [0.05, 0.1) is 18.9 Å². The molecule has 1 aromatic heterocycles. The molecule has 12 heavy (non-hydrogen) atoms. The molecule has 0 aliphatic rings. The van der Waals surface area contributed by atoms with E-state index in [-0.39, 0.29) is 12.4 Å². The number of hydrogen-bond acceptors (Lipinski definition) is 4. The minimum Gasteiger partial charge on any atom is -0.481 e. The molecule has 0 bridgehead atoms. The third-order valence-corrected chi connectivity index (χ3v) is 1.40. The Bertz CT molecular complexity index is 268. The number of nitrogens with zero attached hydrogens (tertiary/aromatic N) is 1. The van der Waals surface area contributed by atoms with E-state index in [0.29, 0.717) is 12.0 Å². The molecule has 0 saturated heterocycles. The largest absolute Gasteiger partial charge is 0.481 e. The Hall–Kier alpha value is -1.52. The molecular weight excluding hydrogens is 162 g/mol. The van der Waals surface area contributed by atoms with Crippen molar-refractivity contribution in [2.75, 3.05) is 7.11 Å². The van der Waals surface area contributed by atoms with Crippen LogP contribution in [0.4, 0.5) is 0 Å². The first kappa shape index (κ1) is 8.58. The molecule has 0 unspecified atom stereocenters. The van der Waals surface area contributed by atoms with E-state index in [4.69, 9.17) is 9.84 Å². The van der Waals surface area contributed by atoms with Gasteiger partial charge in [0, 0.05) is 6.42 Å². The summed E-state index contributed by atoms with van der Waals surface area (Å²) in [7, 11) is 1.45. The third kappa shape index (κ3) is 1.98. The minimum absolute atomic E-state index is 0.0531. The molecule has 0 spiro atoms. The fraction of sp³-hybridized carbons (Fsp3) is 0.429. The highest BCUT2D eigenvalue weighted by Crippen LogP contribution is 2.17. The highest BCUT2D eigenvalue weighted by Gasteiger charge is 2.09. The summed E-state index contributed by atoms with van der Waals surface area (Å²) in [5.74, 6) is -0.561. The zero-order valence-corrected chi connectivity index (χ0v) is 6.61. The van der Waals surface area contributed by atoms with Crippen molar-refractivity contribution in [3.05, 3.63) is 11.8 Å². The maximum atomic E-state index is 10.2. The SMILES string of the molecule is COc1oncc1CCC(=O)O. The van der Waals surface area contributed by atoms with Gasteiger partial charge in [-0.25, -0.2) is 0 Å². The van der Waals surface area contributed by atoms with E-state index >= 15 is 0 Å². The number of ether oxygens (including phenoxy) is 1. The third-order valence-electron chi connectivity index (χ3n) is 1.40. The van der Waals surface area contributed by atoms with Crippen LogP contribution in [0.25, 0.3) is 0 Å². The number of aromatic nitrogens is 1. The van der Waals surface area contributed by atoms with Gasteiger partial charge in [0.1, 0.15) is 0 Å². The van der Waals surface area contributed by atoms with E-state index in [2.05, 4.69) is 9.68 Å². The summed E-state index contributed by atoms with van der Waals surface area (Å²) in [5.41, 5.74) is 0.680. The Balaban J connectivity index is 2.56. The maximum Gasteiger partial charge on any atom is 0.314 e. The number of hydrogen-bond donors (Lipinski definition) is 1. The smallest absolute Gasteiger partial charge is 0.314 e. The lowest BCUT2D eigenvalue weighted by Crippen LogP contribution is -1.97. The first-order valence-electron chi connectivity index (χ1n) is 3.43. The van der Waals surface area contributed by atoms with Crippen LogP contribution < -0.4 is 4.74 Å². The average molecular weight is 171 g/mol. The van der Waals surface area contributed by atoms with Gasteiger partial charge in [-0.2, -0.15) is 0 Å². The van der Waals surface area contributed by atoms with Crippen molar-refractivity contribution in [1.29, 1.82) is 0 Å². The molecular formula is C7H9NO4. The first-order chi connectivity index (χ1) is 5.74. The summed E-state index contributed by atoms with van der Waals surface area (Å²) in [6, 6.07) is 0. The molecule has 0 radical (unpaired) electrons. The van der Waals surface area contributed by atoms with Crippen molar-refractivity contribution >= 4 is 5.97 Å². The monoisotopic (exact) mass is 171 g/mol. The van der Waals surface area contributed by atoms with Gasteiger partial charge >= 0.3 is 11.9 Å². The van der Waals surface area contributed by atoms with Crippen molar-refractivity contribution in [1.82, 2.24) is 5.16 Å². The van der Waals surface area contributed by atoms with E-state index < -0.39 is 5.97 Å². The van der Waals surface area contributed by atoms with Crippen LogP contribution in [-0.4, -0.2) is 23.3 Å². The Kier molecular flexibility index (Phi) is 2.68. The predicted molar refractivity (Wildman–Crippen MR) is 39.0 cm³/mol. The maximum absolute atomic E-state index is 10.2. The topological polar surface area (TPSA) is 72.6 Å². The van der Waals surface area contributed by atoms with E-state index in [1.165, 1.54) is 13.3 Å². The lowest BCUT2D eigenvalue weighted by molar-refractivity contribution is -0.136. The molecule has 1 heterocycles. The Labute approximate surface area is 68.9 Å². The first-order valence-corrected chi connectivity index (χ1v) is 3.43. The number of aryl methyl sites for hydroxylation is 1. The molecule has 0 aliphatic heterocycles. The van der Waals surface area contributed by atoms with Gasteiger partial charge in [0.15, 0.2) is 0 Å². The Morgan fingerprint density at radius 1 is 1.83 bits per heavy atom. The summed E-state index contributed by atoms with van der Waals surface area (Å²) >= 11 is 0. The van der Waals surface area contributed by atoms with Gasteiger partial charge in [-0.1, -0.05) is 5.16 Å². The zero-order valence-electron chi connectivity index (χ0n) is 6.61. The number of methoxy groups -OCH3 is 1. The summed E-state index contributed by atoms with van der Waals surface area (Å²) in [4.78, 5) is 10.2.